The number of hydrogen-bond acceptors (Lipinski definition) is 3. The SMILES string of the molecule is N#Cc1ccc(NC(=O)COc2ccccc2-c2ccccc2)cc1Cl. The predicted octanol–water partition coefficient (Wildman–Crippen LogP) is 4.90. The van der Waals surface area contributed by atoms with Crippen LogP contribution in [0.2, 0.25) is 5.02 Å². The van der Waals surface area contributed by atoms with E-state index < -0.39 is 0 Å². The fourth-order valence-electron chi connectivity index (χ4n) is 2.47. The molecule has 0 aliphatic heterocycles. The zero-order valence-corrected chi connectivity index (χ0v) is 14.5. The Bertz CT molecular complexity index is 965. The highest BCUT2D eigenvalue weighted by Gasteiger charge is 2.09. The highest BCUT2D eigenvalue weighted by Crippen LogP contribution is 2.29. The minimum atomic E-state index is -0.311. The maximum Gasteiger partial charge on any atom is 0.262 e. The molecule has 4 nitrogen and oxygen atoms in total. The van der Waals surface area contributed by atoms with Crippen molar-refractivity contribution in [2.24, 2.45) is 0 Å². The Balaban J connectivity index is 1.67. The second-order valence-corrected chi connectivity index (χ2v) is 5.91. The third-order valence-corrected chi connectivity index (χ3v) is 4.02. The highest BCUT2D eigenvalue weighted by atomic mass is 35.5. The first-order valence-electron chi connectivity index (χ1n) is 7.94. The van der Waals surface area contributed by atoms with Crippen LogP contribution < -0.4 is 10.1 Å². The van der Waals surface area contributed by atoms with Crippen molar-refractivity contribution in [2.45, 2.75) is 0 Å². The minimum Gasteiger partial charge on any atom is -0.483 e. The Morgan fingerprint density at radius 3 is 2.50 bits per heavy atom. The number of rotatable bonds is 5. The summed E-state index contributed by atoms with van der Waals surface area (Å²) in [6.07, 6.45) is 0. The molecule has 128 valence electrons. The van der Waals surface area contributed by atoms with Gasteiger partial charge < -0.3 is 10.1 Å². The van der Waals surface area contributed by atoms with Gasteiger partial charge in [-0.05, 0) is 29.8 Å². The molecule has 1 N–H and O–H groups in total. The van der Waals surface area contributed by atoms with Crippen LogP contribution in [0.15, 0.2) is 72.8 Å². The van der Waals surface area contributed by atoms with Gasteiger partial charge in [0.2, 0.25) is 0 Å². The maximum atomic E-state index is 12.2. The van der Waals surface area contributed by atoms with Gasteiger partial charge in [0.05, 0.1) is 10.6 Å². The largest absolute Gasteiger partial charge is 0.483 e. The lowest BCUT2D eigenvalue weighted by molar-refractivity contribution is -0.118. The van der Waals surface area contributed by atoms with E-state index in [1.165, 1.54) is 6.07 Å². The van der Waals surface area contributed by atoms with Gasteiger partial charge in [-0.1, -0.05) is 60.1 Å². The number of nitriles is 1. The van der Waals surface area contributed by atoms with Crippen LogP contribution in [0.3, 0.4) is 0 Å². The van der Waals surface area contributed by atoms with Crippen molar-refractivity contribution in [1.82, 2.24) is 0 Å². The molecule has 0 unspecified atom stereocenters. The van der Waals surface area contributed by atoms with Gasteiger partial charge in [0.15, 0.2) is 6.61 Å². The number of benzene rings is 3. The number of carbonyl (C=O) groups excluding carboxylic acids is 1. The van der Waals surface area contributed by atoms with Crippen LogP contribution >= 0.6 is 11.6 Å². The van der Waals surface area contributed by atoms with Crippen LogP contribution in [-0.2, 0) is 4.79 Å². The third-order valence-electron chi connectivity index (χ3n) is 3.70. The standard InChI is InChI=1S/C21H15ClN2O2/c22-19-12-17(11-10-16(19)13-23)24-21(25)14-26-20-9-5-4-8-18(20)15-6-2-1-3-7-15/h1-12H,14H2,(H,24,25). The smallest absolute Gasteiger partial charge is 0.262 e. The molecule has 3 rings (SSSR count). The molecule has 0 bridgehead atoms. The first-order chi connectivity index (χ1) is 12.7. The molecular formula is C21H15ClN2O2. The molecule has 0 saturated heterocycles. The molecule has 0 atom stereocenters. The highest BCUT2D eigenvalue weighted by molar-refractivity contribution is 6.32. The lowest BCUT2D eigenvalue weighted by atomic mass is 10.1. The summed E-state index contributed by atoms with van der Waals surface area (Å²) in [4.78, 5) is 12.2. The number of carbonyl (C=O) groups is 1. The van der Waals surface area contributed by atoms with E-state index in [2.05, 4.69) is 5.32 Å². The molecule has 26 heavy (non-hydrogen) atoms. The van der Waals surface area contributed by atoms with Crippen molar-refractivity contribution in [3.63, 3.8) is 0 Å². The van der Waals surface area contributed by atoms with E-state index in [0.29, 0.717) is 22.0 Å². The average molecular weight is 363 g/mol. The van der Waals surface area contributed by atoms with Gasteiger partial charge in [-0.15, -0.1) is 0 Å². The number of para-hydroxylation sites is 1. The quantitative estimate of drug-likeness (QED) is 0.702. The van der Waals surface area contributed by atoms with Gasteiger partial charge in [-0.25, -0.2) is 0 Å². The summed E-state index contributed by atoms with van der Waals surface area (Å²) in [5, 5.41) is 11.9. The lowest BCUT2D eigenvalue weighted by Gasteiger charge is -2.12. The third kappa shape index (κ3) is 4.21. The van der Waals surface area contributed by atoms with E-state index in [-0.39, 0.29) is 12.5 Å². The van der Waals surface area contributed by atoms with Crippen LogP contribution in [0.25, 0.3) is 11.1 Å². The van der Waals surface area contributed by atoms with Crippen molar-refractivity contribution in [3.8, 4) is 22.9 Å². The monoisotopic (exact) mass is 362 g/mol. The summed E-state index contributed by atoms with van der Waals surface area (Å²) >= 11 is 5.97. The average Bonchev–Trinajstić information content (AvgIpc) is 2.67. The van der Waals surface area contributed by atoms with Gasteiger partial charge >= 0.3 is 0 Å². The fraction of sp³-hybridized carbons (Fsp3) is 0.0476. The van der Waals surface area contributed by atoms with E-state index in [4.69, 9.17) is 21.6 Å². The van der Waals surface area contributed by atoms with Gasteiger partial charge in [-0.2, -0.15) is 5.26 Å². The lowest BCUT2D eigenvalue weighted by Crippen LogP contribution is -2.20. The van der Waals surface area contributed by atoms with Crippen LogP contribution in [0.5, 0.6) is 5.75 Å². The minimum absolute atomic E-state index is 0.137. The molecule has 0 saturated carbocycles. The van der Waals surface area contributed by atoms with E-state index in [1.807, 2.05) is 60.7 Å². The Morgan fingerprint density at radius 1 is 1.04 bits per heavy atom. The first-order valence-corrected chi connectivity index (χ1v) is 8.32. The second kappa shape index (κ2) is 8.19. The molecule has 1 amide bonds. The Kier molecular flexibility index (Phi) is 5.52. The molecule has 0 radical (unpaired) electrons. The van der Waals surface area contributed by atoms with Crippen LogP contribution in [0.4, 0.5) is 5.69 Å². The van der Waals surface area contributed by atoms with E-state index in [9.17, 15) is 4.79 Å². The summed E-state index contributed by atoms with van der Waals surface area (Å²) in [6.45, 7) is -0.137. The molecule has 3 aromatic carbocycles. The van der Waals surface area contributed by atoms with Gasteiger partial charge in [0.1, 0.15) is 11.8 Å². The number of nitrogens with one attached hydrogen (secondary N) is 1. The van der Waals surface area contributed by atoms with Crippen LogP contribution in [0.1, 0.15) is 5.56 Å². The molecule has 0 aromatic heterocycles. The number of halogens is 1. The summed E-state index contributed by atoms with van der Waals surface area (Å²) in [5.41, 5.74) is 2.81. The molecule has 0 fully saturated rings. The second-order valence-electron chi connectivity index (χ2n) is 5.51. The molecule has 5 heteroatoms. The number of anilines is 1. The molecule has 0 spiro atoms. The fourth-order valence-corrected chi connectivity index (χ4v) is 2.70. The summed E-state index contributed by atoms with van der Waals surface area (Å²) in [7, 11) is 0. The molecular weight excluding hydrogens is 348 g/mol. The summed E-state index contributed by atoms with van der Waals surface area (Å²) in [6, 6.07) is 24.1. The van der Waals surface area contributed by atoms with E-state index >= 15 is 0 Å². The van der Waals surface area contributed by atoms with Crippen molar-refractivity contribution in [2.75, 3.05) is 11.9 Å². The Hall–Kier alpha value is -3.29. The molecule has 3 aromatic rings. The predicted molar refractivity (Wildman–Crippen MR) is 102 cm³/mol. The molecule has 0 heterocycles. The summed E-state index contributed by atoms with van der Waals surface area (Å²) in [5.74, 6) is 0.320. The zero-order chi connectivity index (χ0) is 18.4. The van der Waals surface area contributed by atoms with Crippen molar-refractivity contribution >= 4 is 23.2 Å². The van der Waals surface area contributed by atoms with Crippen LogP contribution in [-0.4, -0.2) is 12.5 Å². The number of hydrogen-bond donors (Lipinski definition) is 1. The Labute approximate surface area is 156 Å². The number of ether oxygens (including phenoxy) is 1. The normalized spacial score (nSPS) is 10.0. The van der Waals surface area contributed by atoms with Crippen molar-refractivity contribution < 1.29 is 9.53 Å². The van der Waals surface area contributed by atoms with Gasteiger partial charge in [-0.3, -0.25) is 4.79 Å². The first kappa shape index (κ1) is 17.5. The van der Waals surface area contributed by atoms with Crippen molar-refractivity contribution in [3.05, 3.63) is 83.4 Å². The number of nitrogens with zero attached hydrogens (tertiary/aromatic N) is 1. The molecule has 0 aliphatic carbocycles. The maximum absolute atomic E-state index is 12.2. The van der Waals surface area contributed by atoms with Crippen LogP contribution in [0, 0.1) is 11.3 Å². The number of amides is 1. The zero-order valence-electron chi connectivity index (χ0n) is 13.8. The van der Waals surface area contributed by atoms with E-state index in [0.717, 1.165) is 11.1 Å². The van der Waals surface area contributed by atoms with E-state index in [1.54, 1.807) is 12.1 Å². The van der Waals surface area contributed by atoms with Gasteiger partial charge in [0, 0.05) is 11.3 Å². The summed E-state index contributed by atoms with van der Waals surface area (Å²) < 4.78 is 5.70. The van der Waals surface area contributed by atoms with Crippen molar-refractivity contribution in [1.29, 1.82) is 5.26 Å². The van der Waals surface area contributed by atoms with Gasteiger partial charge in [0.25, 0.3) is 5.91 Å². The molecule has 0 aliphatic rings. The Morgan fingerprint density at radius 2 is 1.77 bits per heavy atom. The topological polar surface area (TPSA) is 62.1 Å².